The van der Waals surface area contributed by atoms with Crippen molar-refractivity contribution in [3.8, 4) is 0 Å². The van der Waals surface area contributed by atoms with Gasteiger partial charge in [0, 0.05) is 16.3 Å². The first-order valence-electron chi connectivity index (χ1n) is 8.88. The third kappa shape index (κ3) is 4.51. The maximum atomic E-state index is 14.1. The van der Waals surface area contributed by atoms with Crippen LogP contribution in [0.5, 0.6) is 0 Å². The lowest BCUT2D eigenvalue weighted by Gasteiger charge is -2.13. The molecule has 0 bridgehead atoms. The molecule has 28 heavy (non-hydrogen) atoms. The van der Waals surface area contributed by atoms with E-state index in [1.807, 2.05) is 39.8 Å². The van der Waals surface area contributed by atoms with Gasteiger partial charge in [0.15, 0.2) is 5.11 Å². The van der Waals surface area contributed by atoms with Crippen LogP contribution in [0.25, 0.3) is 0 Å². The number of thiocarbonyl (C=S) groups is 1. The molecule has 0 spiro atoms. The summed E-state index contributed by atoms with van der Waals surface area (Å²) in [5, 5.41) is 11.8. The van der Waals surface area contributed by atoms with Crippen LogP contribution < -0.4 is 10.6 Å². The first-order valence-corrected chi connectivity index (χ1v) is 9.66. The quantitative estimate of drug-likeness (QED) is 0.530. The van der Waals surface area contributed by atoms with Gasteiger partial charge in [-0.2, -0.15) is 5.10 Å². The first kappa shape index (κ1) is 20.3. The van der Waals surface area contributed by atoms with Crippen LogP contribution in [0.3, 0.4) is 0 Å². The Balaban J connectivity index is 1.79. The molecule has 3 aromatic rings. The van der Waals surface area contributed by atoms with Gasteiger partial charge in [0.05, 0.1) is 23.6 Å². The second-order valence-electron chi connectivity index (χ2n) is 6.86. The van der Waals surface area contributed by atoms with Gasteiger partial charge in [0.25, 0.3) is 0 Å². The van der Waals surface area contributed by atoms with Crippen molar-refractivity contribution < 1.29 is 4.39 Å². The van der Waals surface area contributed by atoms with Crippen molar-refractivity contribution in [3.05, 3.63) is 75.3 Å². The summed E-state index contributed by atoms with van der Waals surface area (Å²) < 4.78 is 15.8. The van der Waals surface area contributed by atoms with E-state index in [0.717, 1.165) is 33.9 Å². The van der Waals surface area contributed by atoms with E-state index in [1.165, 1.54) is 6.07 Å². The Morgan fingerprint density at radius 2 is 1.79 bits per heavy atom. The Bertz CT molecular complexity index is 1000. The number of rotatable bonds is 4. The zero-order chi connectivity index (χ0) is 20.4. The molecule has 0 aliphatic rings. The normalized spacial score (nSPS) is 10.8. The maximum absolute atomic E-state index is 14.1. The molecule has 0 amide bonds. The molecule has 0 unspecified atom stereocenters. The van der Waals surface area contributed by atoms with Crippen LogP contribution in [0.15, 0.2) is 36.4 Å². The van der Waals surface area contributed by atoms with Crippen LogP contribution in [-0.2, 0) is 6.54 Å². The standard InChI is InChI=1S/C21H22ClFN4S/c1-12-8-13(2)10-16(9-12)24-21(28)25-20-14(3)26-27(15(20)4)11-17-18(22)6-5-7-19(17)23/h5-10H,11H2,1-4H3,(H2,24,25,28). The molecule has 4 nitrogen and oxygen atoms in total. The summed E-state index contributed by atoms with van der Waals surface area (Å²) in [4.78, 5) is 0. The smallest absolute Gasteiger partial charge is 0.175 e. The maximum Gasteiger partial charge on any atom is 0.175 e. The highest BCUT2D eigenvalue weighted by atomic mass is 35.5. The summed E-state index contributed by atoms with van der Waals surface area (Å²) in [5.41, 5.74) is 6.08. The molecule has 146 valence electrons. The van der Waals surface area contributed by atoms with E-state index in [9.17, 15) is 4.39 Å². The number of hydrogen-bond acceptors (Lipinski definition) is 2. The first-order chi connectivity index (χ1) is 13.2. The predicted octanol–water partition coefficient (Wildman–Crippen LogP) is 5.77. The third-order valence-corrected chi connectivity index (χ3v) is 5.03. The molecule has 0 radical (unpaired) electrons. The Hall–Kier alpha value is -2.44. The summed E-state index contributed by atoms with van der Waals surface area (Å²) in [6.07, 6.45) is 0. The molecule has 2 aromatic carbocycles. The van der Waals surface area contributed by atoms with Gasteiger partial charge in [-0.25, -0.2) is 4.39 Å². The van der Waals surface area contributed by atoms with Gasteiger partial charge in [-0.05, 0) is 75.3 Å². The second kappa shape index (κ2) is 8.29. The summed E-state index contributed by atoms with van der Waals surface area (Å²) >= 11 is 11.6. The fraction of sp³-hybridized carbons (Fsp3) is 0.238. The molecule has 0 atom stereocenters. The molecule has 0 fully saturated rings. The molecule has 2 N–H and O–H groups in total. The minimum Gasteiger partial charge on any atom is -0.332 e. The number of anilines is 2. The minimum atomic E-state index is -0.346. The summed E-state index contributed by atoms with van der Waals surface area (Å²) in [6, 6.07) is 10.8. The molecule has 0 aliphatic heterocycles. The number of hydrogen-bond donors (Lipinski definition) is 2. The van der Waals surface area contributed by atoms with E-state index < -0.39 is 0 Å². The second-order valence-corrected chi connectivity index (χ2v) is 7.67. The zero-order valence-corrected chi connectivity index (χ0v) is 17.8. The molecule has 0 saturated heterocycles. The van der Waals surface area contributed by atoms with E-state index in [4.69, 9.17) is 23.8 Å². The van der Waals surface area contributed by atoms with Crippen molar-refractivity contribution >= 4 is 40.3 Å². The summed E-state index contributed by atoms with van der Waals surface area (Å²) in [6.45, 7) is 8.13. The number of aromatic nitrogens is 2. The SMILES string of the molecule is Cc1cc(C)cc(NC(=S)Nc2c(C)nn(Cc3c(F)cccc3Cl)c2C)c1. The number of benzene rings is 2. The Morgan fingerprint density at radius 1 is 1.11 bits per heavy atom. The van der Waals surface area contributed by atoms with Crippen molar-refractivity contribution in [2.75, 3.05) is 10.6 Å². The van der Waals surface area contributed by atoms with Crippen molar-refractivity contribution in [3.63, 3.8) is 0 Å². The van der Waals surface area contributed by atoms with E-state index in [-0.39, 0.29) is 12.4 Å². The van der Waals surface area contributed by atoms with Crippen LogP contribution in [0.1, 0.15) is 28.1 Å². The molecule has 0 aliphatic carbocycles. The van der Waals surface area contributed by atoms with Crippen molar-refractivity contribution in [1.29, 1.82) is 0 Å². The van der Waals surface area contributed by atoms with E-state index in [1.54, 1.807) is 16.8 Å². The molecule has 7 heteroatoms. The van der Waals surface area contributed by atoms with Crippen LogP contribution in [0.2, 0.25) is 5.02 Å². The van der Waals surface area contributed by atoms with Crippen LogP contribution in [0, 0.1) is 33.5 Å². The minimum absolute atomic E-state index is 0.247. The monoisotopic (exact) mass is 416 g/mol. The molecule has 1 heterocycles. The van der Waals surface area contributed by atoms with Gasteiger partial charge in [-0.15, -0.1) is 0 Å². The highest BCUT2D eigenvalue weighted by Crippen LogP contribution is 2.25. The van der Waals surface area contributed by atoms with Crippen molar-refractivity contribution in [2.24, 2.45) is 0 Å². The fourth-order valence-electron chi connectivity index (χ4n) is 3.19. The van der Waals surface area contributed by atoms with Gasteiger partial charge in [0.1, 0.15) is 5.82 Å². The highest BCUT2D eigenvalue weighted by Gasteiger charge is 2.16. The van der Waals surface area contributed by atoms with Gasteiger partial charge < -0.3 is 10.6 Å². The van der Waals surface area contributed by atoms with Gasteiger partial charge in [-0.1, -0.05) is 23.7 Å². The summed E-state index contributed by atoms with van der Waals surface area (Å²) in [5.74, 6) is -0.346. The number of nitrogens with one attached hydrogen (secondary N) is 2. The van der Waals surface area contributed by atoms with Crippen LogP contribution in [0.4, 0.5) is 15.8 Å². The number of aryl methyl sites for hydroxylation is 3. The van der Waals surface area contributed by atoms with Crippen molar-refractivity contribution in [1.82, 2.24) is 9.78 Å². The van der Waals surface area contributed by atoms with Crippen molar-refractivity contribution in [2.45, 2.75) is 34.2 Å². The average Bonchev–Trinajstić information content (AvgIpc) is 2.85. The van der Waals surface area contributed by atoms with Crippen LogP contribution in [-0.4, -0.2) is 14.9 Å². The predicted molar refractivity (Wildman–Crippen MR) is 118 cm³/mol. The topological polar surface area (TPSA) is 41.9 Å². The lowest BCUT2D eigenvalue weighted by molar-refractivity contribution is 0.579. The zero-order valence-electron chi connectivity index (χ0n) is 16.2. The lowest BCUT2D eigenvalue weighted by atomic mass is 10.1. The largest absolute Gasteiger partial charge is 0.332 e. The Kier molecular flexibility index (Phi) is 6.01. The van der Waals surface area contributed by atoms with Gasteiger partial charge in [0.2, 0.25) is 0 Å². The third-order valence-electron chi connectivity index (χ3n) is 4.47. The molecule has 0 saturated carbocycles. The van der Waals surface area contributed by atoms with E-state index >= 15 is 0 Å². The summed E-state index contributed by atoms with van der Waals surface area (Å²) in [7, 11) is 0. The lowest BCUT2D eigenvalue weighted by Crippen LogP contribution is -2.20. The average molecular weight is 417 g/mol. The number of nitrogens with zero attached hydrogens (tertiary/aromatic N) is 2. The number of halogens is 2. The highest BCUT2D eigenvalue weighted by molar-refractivity contribution is 7.80. The Labute approximate surface area is 174 Å². The molecular formula is C21H22ClFN4S. The van der Waals surface area contributed by atoms with E-state index in [0.29, 0.717) is 15.7 Å². The van der Waals surface area contributed by atoms with Crippen LogP contribution >= 0.6 is 23.8 Å². The van der Waals surface area contributed by atoms with Gasteiger partial charge in [-0.3, -0.25) is 4.68 Å². The van der Waals surface area contributed by atoms with E-state index in [2.05, 4.69) is 21.8 Å². The molecular weight excluding hydrogens is 395 g/mol. The van der Waals surface area contributed by atoms with Gasteiger partial charge >= 0.3 is 0 Å². The molecule has 1 aromatic heterocycles. The Morgan fingerprint density at radius 3 is 2.43 bits per heavy atom. The molecule has 3 rings (SSSR count). The fourth-order valence-corrected chi connectivity index (χ4v) is 3.63.